The van der Waals surface area contributed by atoms with Crippen LogP contribution in [0, 0.1) is 0 Å². The average molecular weight is 222 g/mol. The number of ether oxygens (including phenoxy) is 2. The van der Waals surface area contributed by atoms with E-state index in [9.17, 15) is 0 Å². The van der Waals surface area contributed by atoms with Crippen molar-refractivity contribution in [3.05, 3.63) is 33.9 Å². The largest absolute Gasteiger partial charge is 0.465 e. The molecule has 15 heavy (non-hydrogen) atoms. The highest BCUT2D eigenvalue weighted by Gasteiger charge is 2.37. The van der Waals surface area contributed by atoms with Crippen LogP contribution in [0.5, 0.6) is 0 Å². The fourth-order valence-corrected chi connectivity index (χ4v) is 3.16. The lowest BCUT2D eigenvalue weighted by molar-refractivity contribution is 0.0121. The second kappa shape index (κ2) is 3.56. The van der Waals surface area contributed by atoms with Gasteiger partial charge in [-0.25, -0.2) is 0 Å². The van der Waals surface area contributed by atoms with Crippen molar-refractivity contribution < 1.29 is 9.47 Å². The molecule has 1 aromatic rings. The van der Waals surface area contributed by atoms with Crippen LogP contribution in [0.2, 0.25) is 0 Å². The van der Waals surface area contributed by atoms with E-state index in [0.717, 1.165) is 25.4 Å². The molecule has 1 aromatic heterocycles. The van der Waals surface area contributed by atoms with Crippen LogP contribution < -0.4 is 0 Å². The second-order valence-electron chi connectivity index (χ2n) is 4.12. The van der Waals surface area contributed by atoms with E-state index in [1.165, 1.54) is 11.1 Å². The summed E-state index contributed by atoms with van der Waals surface area (Å²) >= 11 is 1.75. The lowest BCUT2D eigenvalue weighted by atomic mass is 9.88. The SMILES string of the molecule is CC1OC2=C(CCCO2)C1c1ccsc1. The minimum Gasteiger partial charge on any atom is -0.465 e. The van der Waals surface area contributed by atoms with Gasteiger partial charge in [-0.1, -0.05) is 0 Å². The predicted molar refractivity (Wildman–Crippen MR) is 59.8 cm³/mol. The zero-order chi connectivity index (χ0) is 10.3. The monoisotopic (exact) mass is 222 g/mol. The van der Waals surface area contributed by atoms with Crippen LogP contribution in [-0.4, -0.2) is 12.7 Å². The van der Waals surface area contributed by atoms with Gasteiger partial charge in [-0.2, -0.15) is 11.3 Å². The van der Waals surface area contributed by atoms with Crippen LogP contribution in [0.4, 0.5) is 0 Å². The molecule has 0 amide bonds. The lowest BCUT2D eigenvalue weighted by Gasteiger charge is -2.16. The molecule has 2 aliphatic rings. The first kappa shape index (κ1) is 9.28. The summed E-state index contributed by atoms with van der Waals surface area (Å²) in [6.07, 6.45) is 2.47. The Labute approximate surface area is 93.5 Å². The number of rotatable bonds is 1. The van der Waals surface area contributed by atoms with E-state index in [4.69, 9.17) is 9.47 Å². The van der Waals surface area contributed by atoms with E-state index in [1.807, 2.05) is 0 Å². The van der Waals surface area contributed by atoms with Gasteiger partial charge in [0.15, 0.2) is 0 Å². The topological polar surface area (TPSA) is 18.5 Å². The maximum absolute atomic E-state index is 5.76. The highest BCUT2D eigenvalue weighted by molar-refractivity contribution is 7.08. The Morgan fingerprint density at radius 3 is 3.20 bits per heavy atom. The van der Waals surface area contributed by atoms with Crippen molar-refractivity contribution in [1.82, 2.24) is 0 Å². The van der Waals surface area contributed by atoms with E-state index in [0.29, 0.717) is 5.92 Å². The van der Waals surface area contributed by atoms with Gasteiger partial charge in [0.2, 0.25) is 0 Å². The van der Waals surface area contributed by atoms with Gasteiger partial charge in [0, 0.05) is 11.5 Å². The molecule has 3 heterocycles. The van der Waals surface area contributed by atoms with Gasteiger partial charge >= 0.3 is 0 Å². The molecule has 0 bridgehead atoms. The van der Waals surface area contributed by atoms with Gasteiger partial charge < -0.3 is 9.47 Å². The number of thiophene rings is 1. The Kier molecular flexibility index (Phi) is 2.20. The highest BCUT2D eigenvalue weighted by atomic mass is 32.1. The van der Waals surface area contributed by atoms with Gasteiger partial charge in [0.25, 0.3) is 5.95 Å². The molecule has 2 unspecified atom stereocenters. The highest BCUT2D eigenvalue weighted by Crippen LogP contribution is 2.43. The molecule has 0 aliphatic carbocycles. The molecule has 2 atom stereocenters. The summed E-state index contributed by atoms with van der Waals surface area (Å²) in [6.45, 7) is 2.94. The van der Waals surface area contributed by atoms with E-state index in [1.54, 1.807) is 11.3 Å². The standard InChI is InChI=1S/C12H14O2S/c1-8-11(9-4-6-15-7-9)10-3-2-5-13-12(10)14-8/h4,6-8,11H,2-3,5H2,1H3. The number of hydrogen-bond donors (Lipinski definition) is 0. The van der Waals surface area contributed by atoms with E-state index in [2.05, 4.69) is 23.8 Å². The van der Waals surface area contributed by atoms with Crippen LogP contribution in [0.1, 0.15) is 31.2 Å². The summed E-state index contributed by atoms with van der Waals surface area (Å²) in [6, 6.07) is 2.19. The molecule has 0 N–H and O–H groups in total. The van der Waals surface area contributed by atoms with Crippen LogP contribution in [0.3, 0.4) is 0 Å². The Morgan fingerprint density at radius 1 is 1.47 bits per heavy atom. The first-order valence-corrected chi connectivity index (χ1v) is 6.35. The summed E-state index contributed by atoms with van der Waals surface area (Å²) < 4.78 is 11.3. The van der Waals surface area contributed by atoms with Crippen LogP contribution >= 0.6 is 11.3 Å². The molecule has 80 valence electrons. The van der Waals surface area contributed by atoms with Gasteiger partial charge in [0.1, 0.15) is 6.10 Å². The molecule has 0 aromatic carbocycles. The molecule has 0 radical (unpaired) electrons. The Bertz CT molecular complexity index is 380. The third-order valence-corrected chi connectivity index (χ3v) is 3.83. The quantitative estimate of drug-likeness (QED) is 0.726. The molecule has 0 saturated carbocycles. The molecular formula is C12H14O2S. The molecule has 0 fully saturated rings. The van der Waals surface area contributed by atoms with Gasteiger partial charge in [0.05, 0.1) is 6.61 Å². The van der Waals surface area contributed by atoms with Crippen molar-refractivity contribution in [2.75, 3.05) is 6.61 Å². The van der Waals surface area contributed by atoms with E-state index < -0.39 is 0 Å². The predicted octanol–water partition coefficient (Wildman–Crippen LogP) is 3.27. The zero-order valence-corrected chi connectivity index (χ0v) is 9.55. The van der Waals surface area contributed by atoms with Crippen molar-refractivity contribution in [2.24, 2.45) is 0 Å². The van der Waals surface area contributed by atoms with Crippen molar-refractivity contribution in [2.45, 2.75) is 31.8 Å². The zero-order valence-electron chi connectivity index (χ0n) is 8.73. The summed E-state index contributed by atoms with van der Waals surface area (Å²) in [5, 5.41) is 4.35. The molecule has 2 nitrogen and oxygen atoms in total. The Hall–Kier alpha value is -0.960. The van der Waals surface area contributed by atoms with Crippen molar-refractivity contribution in [3.8, 4) is 0 Å². The summed E-state index contributed by atoms with van der Waals surface area (Å²) in [4.78, 5) is 0. The fraction of sp³-hybridized carbons (Fsp3) is 0.500. The first-order valence-electron chi connectivity index (χ1n) is 5.41. The molecule has 2 aliphatic heterocycles. The maximum atomic E-state index is 5.76. The number of hydrogen-bond acceptors (Lipinski definition) is 3. The smallest absolute Gasteiger partial charge is 0.279 e. The van der Waals surface area contributed by atoms with Crippen LogP contribution in [0.25, 0.3) is 0 Å². The summed E-state index contributed by atoms with van der Waals surface area (Å²) in [5.74, 6) is 1.23. The normalized spacial score (nSPS) is 29.7. The lowest BCUT2D eigenvalue weighted by Crippen LogP contribution is -2.12. The van der Waals surface area contributed by atoms with E-state index in [-0.39, 0.29) is 6.10 Å². The third kappa shape index (κ3) is 1.46. The molecule has 3 heteroatoms. The van der Waals surface area contributed by atoms with Crippen molar-refractivity contribution in [3.63, 3.8) is 0 Å². The van der Waals surface area contributed by atoms with Crippen LogP contribution in [0.15, 0.2) is 28.3 Å². The van der Waals surface area contributed by atoms with Crippen molar-refractivity contribution >= 4 is 11.3 Å². The molecular weight excluding hydrogens is 208 g/mol. The first-order chi connectivity index (χ1) is 7.36. The molecule has 0 saturated heterocycles. The minimum absolute atomic E-state index is 0.225. The van der Waals surface area contributed by atoms with Crippen LogP contribution in [-0.2, 0) is 9.47 Å². The fourth-order valence-electron chi connectivity index (χ4n) is 2.46. The summed E-state index contributed by atoms with van der Waals surface area (Å²) in [5.41, 5.74) is 2.75. The molecule has 3 rings (SSSR count). The second-order valence-corrected chi connectivity index (χ2v) is 4.90. The van der Waals surface area contributed by atoms with Gasteiger partial charge in [-0.15, -0.1) is 0 Å². The average Bonchev–Trinajstić information content (AvgIpc) is 2.82. The molecule has 0 spiro atoms. The third-order valence-electron chi connectivity index (χ3n) is 3.13. The van der Waals surface area contributed by atoms with Crippen molar-refractivity contribution in [1.29, 1.82) is 0 Å². The summed E-state index contributed by atoms with van der Waals surface area (Å²) in [7, 11) is 0. The van der Waals surface area contributed by atoms with E-state index >= 15 is 0 Å². The Morgan fingerprint density at radius 2 is 2.40 bits per heavy atom. The minimum atomic E-state index is 0.225. The maximum Gasteiger partial charge on any atom is 0.279 e. The van der Waals surface area contributed by atoms with Gasteiger partial charge in [-0.3, -0.25) is 0 Å². The Balaban J connectivity index is 1.97. The van der Waals surface area contributed by atoms with Gasteiger partial charge in [-0.05, 0) is 42.2 Å².